The molecule has 0 aromatic rings. The molecule has 0 amide bonds. The molecule has 0 aliphatic heterocycles. The lowest BCUT2D eigenvalue weighted by molar-refractivity contribution is -0.0252. The molecule has 0 aromatic carbocycles. The molecule has 16 heavy (non-hydrogen) atoms. The van der Waals surface area contributed by atoms with Crippen LogP contribution in [0.5, 0.6) is 0 Å². The summed E-state index contributed by atoms with van der Waals surface area (Å²) < 4.78 is 0. The Kier molecular flexibility index (Phi) is 3.60. The van der Waals surface area contributed by atoms with E-state index in [4.69, 9.17) is 0 Å². The maximum Gasteiger partial charge on any atom is 0.0772 e. The highest BCUT2D eigenvalue weighted by molar-refractivity contribution is 4.90. The van der Waals surface area contributed by atoms with E-state index >= 15 is 0 Å². The van der Waals surface area contributed by atoms with Crippen molar-refractivity contribution in [2.45, 2.75) is 64.4 Å². The van der Waals surface area contributed by atoms with Gasteiger partial charge < -0.3 is 10.4 Å². The third-order valence-electron chi connectivity index (χ3n) is 4.65. The minimum absolute atomic E-state index is 0.417. The van der Waals surface area contributed by atoms with E-state index in [1.807, 2.05) is 0 Å². The van der Waals surface area contributed by atoms with E-state index in [9.17, 15) is 5.11 Å². The van der Waals surface area contributed by atoms with Crippen LogP contribution in [0.2, 0.25) is 0 Å². The second-order valence-electron chi connectivity index (χ2n) is 6.82. The topological polar surface area (TPSA) is 32.3 Å². The van der Waals surface area contributed by atoms with Crippen LogP contribution in [0.4, 0.5) is 0 Å². The van der Waals surface area contributed by atoms with Gasteiger partial charge in [0.05, 0.1) is 5.60 Å². The standard InChI is InChI=1S/C14H27NO/c1-13(2)6-8-14(16,9-7-13)11-15-10-12-4-3-5-12/h12,15-16H,3-11H2,1-2H3. The fourth-order valence-electron chi connectivity index (χ4n) is 2.77. The van der Waals surface area contributed by atoms with Crippen molar-refractivity contribution in [3.8, 4) is 0 Å². The summed E-state index contributed by atoms with van der Waals surface area (Å²) in [4.78, 5) is 0. The van der Waals surface area contributed by atoms with Crippen LogP contribution in [-0.4, -0.2) is 23.8 Å². The van der Waals surface area contributed by atoms with E-state index in [0.29, 0.717) is 5.41 Å². The highest BCUT2D eigenvalue weighted by atomic mass is 16.3. The van der Waals surface area contributed by atoms with Gasteiger partial charge in [-0.1, -0.05) is 20.3 Å². The molecule has 2 saturated carbocycles. The van der Waals surface area contributed by atoms with Crippen molar-refractivity contribution in [3.63, 3.8) is 0 Å². The number of hydrogen-bond donors (Lipinski definition) is 2. The van der Waals surface area contributed by atoms with Crippen molar-refractivity contribution < 1.29 is 5.11 Å². The molecule has 0 heterocycles. The van der Waals surface area contributed by atoms with Gasteiger partial charge in [-0.25, -0.2) is 0 Å². The molecule has 2 rings (SSSR count). The minimum atomic E-state index is -0.417. The summed E-state index contributed by atoms with van der Waals surface area (Å²) >= 11 is 0. The summed E-state index contributed by atoms with van der Waals surface area (Å²) in [5, 5.41) is 13.9. The number of aliphatic hydroxyl groups is 1. The smallest absolute Gasteiger partial charge is 0.0772 e. The maximum absolute atomic E-state index is 10.4. The average Bonchev–Trinajstić information content (AvgIpc) is 2.16. The Labute approximate surface area is 99.8 Å². The molecule has 2 nitrogen and oxygen atoms in total. The second kappa shape index (κ2) is 4.66. The third-order valence-corrected chi connectivity index (χ3v) is 4.65. The first-order valence-corrected chi connectivity index (χ1v) is 6.92. The van der Waals surface area contributed by atoms with Crippen LogP contribution >= 0.6 is 0 Å². The lowest BCUT2D eigenvalue weighted by Gasteiger charge is -2.40. The van der Waals surface area contributed by atoms with Crippen LogP contribution in [0, 0.1) is 11.3 Å². The molecule has 0 bridgehead atoms. The molecular weight excluding hydrogens is 198 g/mol. The average molecular weight is 225 g/mol. The number of rotatable bonds is 4. The van der Waals surface area contributed by atoms with Gasteiger partial charge >= 0.3 is 0 Å². The van der Waals surface area contributed by atoms with Gasteiger partial charge in [-0.2, -0.15) is 0 Å². The summed E-state index contributed by atoms with van der Waals surface area (Å²) in [6.45, 7) is 6.55. The van der Waals surface area contributed by atoms with Crippen LogP contribution in [0.3, 0.4) is 0 Å². The normalized spacial score (nSPS) is 28.7. The largest absolute Gasteiger partial charge is 0.389 e. The van der Waals surface area contributed by atoms with Crippen molar-refractivity contribution in [1.29, 1.82) is 0 Å². The van der Waals surface area contributed by atoms with Crippen LogP contribution in [-0.2, 0) is 0 Å². The van der Waals surface area contributed by atoms with Crippen LogP contribution in [0.15, 0.2) is 0 Å². The van der Waals surface area contributed by atoms with Crippen molar-refractivity contribution in [2.75, 3.05) is 13.1 Å². The molecule has 2 aliphatic carbocycles. The molecule has 2 aliphatic rings. The van der Waals surface area contributed by atoms with E-state index in [1.54, 1.807) is 0 Å². The Bertz CT molecular complexity index is 223. The molecule has 0 radical (unpaired) electrons. The first-order chi connectivity index (χ1) is 7.49. The molecule has 0 atom stereocenters. The Balaban J connectivity index is 1.67. The first kappa shape index (κ1) is 12.4. The predicted molar refractivity (Wildman–Crippen MR) is 67.4 cm³/mol. The van der Waals surface area contributed by atoms with Crippen LogP contribution < -0.4 is 5.32 Å². The van der Waals surface area contributed by atoms with Crippen LogP contribution in [0.1, 0.15) is 58.8 Å². The zero-order valence-corrected chi connectivity index (χ0v) is 10.9. The fourth-order valence-corrected chi connectivity index (χ4v) is 2.77. The summed E-state index contributed by atoms with van der Waals surface area (Å²) in [5.41, 5.74) is 0.0273. The highest BCUT2D eigenvalue weighted by Crippen LogP contribution is 2.39. The molecule has 0 aromatic heterocycles. The van der Waals surface area contributed by atoms with Crippen molar-refractivity contribution in [1.82, 2.24) is 5.32 Å². The van der Waals surface area contributed by atoms with Gasteiger partial charge in [-0.05, 0) is 56.4 Å². The van der Waals surface area contributed by atoms with Gasteiger partial charge in [0.2, 0.25) is 0 Å². The molecule has 0 spiro atoms. The first-order valence-electron chi connectivity index (χ1n) is 6.92. The molecule has 2 heteroatoms. The zero-order valence-electron chi connectivity index (χ0n) is 10.9. The quantitative estimate of drug-likeness (QED) is 0.771. The Morgan fingerprint density at radius 2 is 1.75 bits per heavy atom. The maximum atomic E-state index is 10.4. The Hall–Kier alpha value is -0.0800. The van der Waals surface area contributed by atoms with Gasteiger partial charge in [-0.15, -0.1) is 0 Å². The molecule has 0 saturated heterocycles. The zero-order chi connectivity index (χ0) is 11.6. The Morgan fingerprint density at radius 1 is 1.12 bits per heavy atom. The van der Waals surface area contributed by atoms with E-state index in [-0.39, 0.29) is 0 Å². The number of nitrogens with one attached hydrogen (secondary N) is 1. The summed E-state index contributed by atoms with van der Waals surface area (Å²) in [6, 6.07) is 0. The highest BCUT2D eigenvalue weighted by Gasteiger charge is 2.36. The van der Waals surface area contributed by atoms with E-state index in [2.05, 4.69) is 19.2 Å². The SMILES string of the molecule is CC1(C)CCC(O)(CNCC2CCC2)CC1. The van der Waals surface area contributed by atoms with Gasteiger partial charge in [0.15, 0.2) is 0 Å². The molecule has 2 N–H and O–H groups in total. The second-order valence-corrected chi connectivity index (χ2v) is 6.82. The third kappa shape index (κ3) is 3.21. The number of hydrogen-bond acceptors (Lipinski definition) is 2. The van der Waals surface area contributed by atoms with Crippen molar-refractivity contribution in [3.05, 3.63) is 0 Å². The van der Waals surface area contributed by atoms with Crippen molar-refractivity contribution >= 4 is 0 Å². The van der Waals surface area contributed by atoms with E-state index in [1.165, 1.54) is 19.3 Å². The predicted octanol–water partition coefficient (Wildman–Crippen LogP) is 2.71. The fraction of sp³-hybridized carbons (Fsp3) is 1.00. The van der Waals surface area contributed by atoms with E-state index in [0.717, 1.165) is 44.7 Å². The lowest BCUT2D eigenvalue weighted by atomic mass is 9.71. The summed E-state index contributed by atoms with van der Waals surface area (Å²) in [6.07, 6.45) is 8.44. The Morgan fingerprint density at radius 3 is 2.25 bits per heavy atom. The summed E-state index contributed by atoms with van der Waals surface area (Å²) in [7, 11) is 0. The molecule has 2 fully saturated rings. The molecule has 94 valence electrons. The van der Waals surface area contributed by atoms with E-state index < -0.39 is 5.60 Å². The monoisotopic (exact) mass is 225 g/mol. The van der Waals surface area contributed by atoms with Gasteiger partial charge in [0.25, 0.3) is 0 Å². The van der Waals surface area contributed by atoms with Crippen molar-refractivity contribution in [2.24, 2.45) is 11.3 Å². The lowest BCUT2D eigenvalue weighted by Crippen LogP contribution is -2.46. The van der Waals surface area contributed by atoms with Gasteiger partial charge in [0, 0.05) is 6.54 Å². The van der Waals surface area contributed by atoms with Gasteiger partial charge in [0.1, 0.15) is 0 Å². The molecular formula is C14H27NO. The summed E-state index contributed by atoms with van der Waals surface area (Å²) in [5.74, 6) is 0.892. The van der Waals surface area contributed by atoms with Gasteiger partial charge in [-0.3, -0.25) is 0 Å². The minimum Gasteiger partial charge on any atom is -0.389 e. The molecule has 0 unspecified atom stereocenters. The van der Waals surface area contributed by atoms with Crippen LogP contribution in [0.25, 0.3) is 0 Å².